The molecule has 2 nitrogen and oxygen atoms in total. The Morgan fingerprint density at radius 1 is 1.41 bits per heavy atom. The van der Waals surface area contributed by atoms with Gasteiger partial charge in [0.1, 0.15) is 0 Å². The van der Waals surface area contributed by atoms with Crippen LogP contribution in [-0.2, 0) is 13.0 Å². The topological polar surface area (TPSA) is 24.9 Å². The smallest absolute Gasteiger partial charge is 0.0925 e. The lowest BCUT2D eigenvalue weighted by molar-refractivity contribution is 1.09. The molecule has 2 rings (SSSR count). The van der Waals surface area contributed by atoms with Crippen molar-refractivity contribution in [2.45, 2.75) is 26.8 Å². The second kappa shape index (κ2) is 5.52. The highest BCUT2D eigenvalue weighted by atomic mass is 35.5. The molecule has 4 heteroatoms. The van der Waals surface area contributed by atoms with Crippen LogP contribution in [-0.4, -0.2) is 4.98 Å². The molecule has 0 unspecified atom stereocenters. The first-order valence-electron chi connectivity index (χ1n) is 5.62. The van der Waals surface area contributed by atoms with Crippen molar-refractivity contribution in [1.29, 1.82) is 0 Å². The number of benzene rings is 1. The molecule has 0 saturated heterocycles. The van der Waals surface area contributed by atoms with Gasteiger partial charge in [-0.15, -0.1) is 11.3 Å². The summed E-state index contributed by atoms with van der Waals surface area (Å²) < 4.78 is 0. The molecule has 0 aliphatic heterocycles. The van der Waals surface area contributed by atoms with Crippen molar-refractivity contribution in [1.82, 2.24) is 4.98 Å². The van der Waals surface area contributed by atoms with Crippen LogP contribution >= 0.6 is 22.9 Å². The van der Waals surface area contributed by atoms with Gasteiger partial charge < -0.3 is 5.32 Å². The fraction of sp³-hybridized carbons (Fsp3) is 0.308. The molecule has 1 N–H and O–H groups in total. The molecular weight excluding hydrogens is 252 g/mol. The quantitative estimate of drug-likeness (QED) is 0.893. The summed E-state index contributed by atoms with van der Waals surface area (Å²) in [6, 6.07) is 5.89. The second-order valence-electron chi connectivity index (χ2n) is 3.89. The van der Waals surface area contributed by atoms with Crippen molar-refractivity contribution >= 4 is 28.6 Å². The van der Waals surface area contributed by atoms with Crippen LogP contribution in [0.1, 0.15) is 22.4 Å². The number of aryl methyl sites for hydroxylation is 2. The SMILES string of the molecule is CCc1ncc(CNc2cc(Cl)ccc2C)s1. The molecule has 1 heterocycles. The van der Waals surface area contributed by atoms with E-state index >= 15 is 0 Å². The first-order valence-corrected chi connectivity index (χ1v) is 6.82. The fourth-order valence-corrected chi connectivity index (χ4v) is 2.53. The van der Waals surface area contributed by atoms with Crippen molar-refractivity contribution < 1.29 is 0 Å². The molecule has 0 bridgehead atoms. The highest BCUT2D eigenvalue weighted by Crippen LogP contribution is 2.22. The number of aromatic nitrogens is 1. The van der Waals surface area contributed by atoms with Gasteiger partial charge >= 0.3 is 0 Å². The average molecular weight is 267 g/mol. The van der Waals surface area contributed by atoms with Gasteiger partial charge in [0, 0.05) is 21.8 Å². The van der Waals surface area contributed by atoms with E-state index in [4.69, 9.17) is 11.6 Å². The standard InChI is InChI=1S/C13H15ClN2S/c1-3-13-16-8-11(17-13)7-15-12-6-10(14)5-4-9(12)2/h4-6,8,15H,3,7H2,1-2H3. The van der Waals surface area contributed by atoms with E-state index in [9.17, 15) is 0 Å². The van der Waals surface area contributed by atoms with Gasteiger partial charge in [-0.3, -0.25) is 0 Å². The zero-order valence-corrected chi connectivity index (χ0v) is 11.5. The van der Waals surface area contributed by atoms with E-state index in [1.165, 1.54) is 15.4 Å². The number of halogens is 1. The number of rotatable bonds is 4. The largest absolute Gasteiger partial charge is 0.380 e. The first kappa shape index (κ1) is 12.4. The van der Waals surface area contributed by atoms with E-state index in [1.54, 1.807) is 11.3 Å². The van der Waals surface area contributed by atoms with Gasteiger partial charge in [0.15, 0.2) is 0 Å². The number of hydrogen-bond acceptors (Lipinski definition) is 3. The van der Waals surface area contributed by atoms with E-state index < -0.39 is 0 Å². The lowest BCUT2D eigenvalue weighted by atomic mass is 10.2. The maximum Gasteiger partial charge on any atom is 0.0925 e. The predicted octanol–water partition coefficient (Wildman–Crippen LogP) is 4.28. The molecule has 0 atom stereocenters. The maximum absolute atomic E-state index is 5.98. The van der Waals surface area contributed by atoms with Crippen molar-refractivity contribution in [3.63, 3.8) is 0 Å². The zero-order valence-electron chi connectivity index (χ0n) is 9.96. The normalized spacial score (nSPS) is 10.5. The molecule has 0 amide bonds. The minimum absolute atomic E-state index is 0.761. The molecule has 0 saturated carbocycles. The van der Waals surface area contributed by atoms with Crippen LogP contribution in [0.5, 0.6) is 0 Å². The molecule has 17 heavy (non-hydrogen) atoms. The van der Waals surface area contributed by atoms with Gasteiger partial charge in [0.25, 0.3) is 0 Å². The van der Waals surface area contributed by atoms with Crippen LogP contribution in [0.2, 0.25) is 5.02 Å². The Balaban J connectivity index is 2.04. The Labute approximate surface area is 111 Å². The lowest BCUT2D eigenvalue weighted by Gasteiger charge is -2.08. The summed E-state index contributed by atoms with van der Waals surface area (Å²) in [6.45, 7) is 5.00. The van der Waals surface area contributed by atoms with E-state index in [0.717, 1.165) is 23.7 Å². The average Bonchev–Trinajstić information content (AvgIpc) is 2.78. The van der Waals surface area contributed by atoms with E-state index in [2.05, 4.69) is 24.1 Å². The molecule has 0 radical (unpaired) electrons. The Morgan fingerprint density at radius 2 is 2.24 bits per heavy atom. The third kappa shape index (κ3) is 3.20. The Morgan fingerprint density at radius 3 is 2.94 bits per heavy atom. The Kier molecular flexibility index (Phi) is 4.02. The summed E-state index contributed by atoms with van der Waals surface area (Å²) in [6.07, 6.45) is 2.94. The van der Waals surface area contributed by atoms with Crippen molar-refractivity contribution in [2.75, 3.05) is 5.32 Å². The van der Waals surface area contributed by atoms with Gasteiger partial charge in [0.2, 0.25) is 0 Å². The maximum atomic E-state index is 5.98. The minimum atomic E-state index is 0.761. The third-order valence-corrected chi connectivity index (χ3v) is 3.93. The molecule has 0 spiro atoms. The summed E-state index contributed by atoms with van der Waals surface area (Å²) in [5.74, 6) is 0. The van der Waals surface area contributed by atoms with Crippen molar-refractivity contribution in [3.05, 3.63) is 44.9 Å². The highest BCUT2D eigenvalue weighted by Gasteiger charge is 2.02. The van der Waals surface area contributed by atoms with Gasteiger partial charge in [-0.25, -0.2) is 4.98 Å². The van der Waals surface area contributed by atoms with Gasteiger partial charge in [-0.1, -0.05) is 24.6 Å². The van der Waals surface area contributed by atoms with Crippen LogP contribution < -0.4 is 5.32 Å². The summed E-state index contributed by atoms with van der Waals surface area (Å²) in [5, 5.41) is 5.34. The van der Waals surface area contributed by atoms with Gasteiger partial charge in [-0.05, 0) is 31.0 Å². The molecule has 0 aliphatic rings. The van der Waals surface area contributed by atoms with Crippen LogP contribution in [0.4, 0.5) is 5.69 Å². The molecule has 90 valence electrons. The van der Waals surface area contributed by atoms with Crippen LogP contribution in [0.3, 0.4) is 0 Å². The number of nitrogens with one attached hydrogen (secondary N) is 1. The number of nitrogens with zero attached hydrogens (tertiary/aromatic N) is 1. The fourth-order valence-electron chi connectivity index (χ4n) is 1.56. The van der Waals surface area contributed by atoms with Gasteiger partial charge in [0.05, 0.1) is 11.6 Å². The highest BCUT2D eigenvalue weighted by molar-refractivity contribution is 7.11. The summed E-state index contributed by atoms with van der Waals surface area (Å²) in [4.78, 5) is 5.59. The molecule has 0 aliphatic carbocycles. The zero-order chi connectivity index (χ0) is 12.3. The minimum Gasteiger partial charge on any atom is -0.380 e. The Hall–Kier alpha value is -1.06. The molecule has 2 aromatic rings. The molecule has 0 fully saturated rings. The predicted molar refractivity (Wildman–Crippen MR) is 75.0 cm³/mol. The number of anilines is 1. The monoisotopic (exact) mass is 266 g/mol. The van der Waals surface area contributed by atoms with Crippen molar-refractivity contribution in [3.8, 4) is 0 Å². The summed E-state index contributed by atoms with van der Waals surface area (Å²) >= 11 is 7.73. The van der Waals surface area contributed by atoms with Crippen LogP contribution in [0.15, 0.2) is 24.4 Å². The van der Waals surface area contributed by atoms with Gasteiger partial charge in [-0.2, -0.15) is 0 Å². The number of hydrogen-bond donors (Lipinski definition) is 1. The Bertz CT molecular complexity index is 508. The molecular formula is C13H15ClN2S. The summed E-state index contributed by atoms with van der Waals surface area (Å²) in [7, 11) is 0. The molecule has 1 aromatic carbocycles. The lowest BCUT2D eigenvalue weighted by Crippen LogP contribution is -1.99. The first-order chi connectivity index (χ1) is 8.19. The van der Waals surface area contributed by atoms with Crippen LogP contribution in [0.25, 0.3) is 0 Å². The third-order valence-electron chi connectivity index (χ3n) is 2.56. The number of thiazole rings is 1. The second-order valence-corrected chi connectivity index (χ2v) is 5.52. The van der Waals surface area contributed by atoms with E-state index in [1.807, 2.05) is 24.4 Å². The summed E-state index contributed by atoms with van der Waals surface area (Å²) in [5.41, 5.74) is 2.29. The molecule has 1 aromatic heterocycles. The van der Waals surface area contributed by atoms with Crippen molar-refractivity contribution in [2.24, 2.45) is 0 Å². The van der Waals surface area contributed by atoms with E-state index in [-0.39, 0.29) is 0 Å². The van der Waals surface area contributed by atoms with E-state index in [0.29, 0.717) is 0 Å². The van der Waals surface area contributed by atoms with Crippen LogP contribution in [0, 0.1) is 6.92 Å².